The number of carbonyl (C=O) groups is 3. The maximum atomic E-state index is 12.5. The van der Waals surface area contributed by atoms with E-state index in [-0.39, 0.29) is 30.4 Å². The van der Waals surface area contributed by atoms with Crippen LogP contribution in [0.3, 0.4) is 0 Å². The van der Waals surface area contributed by atoms with Crippen LogP contribution in [0, 0.1) is 5.92 Å². The lowest BCUT2D eigenvalue weighted by molar-refractivity contribution is -0.160. The number of ether oxygens (including phenoxy) is 1. The first-order valence-electron chi connectivity index (χ1n) is 11.2. The lowest BCUT2D eigenvalue weighted by Crippen LogP contribution is -2.43. The third-order valence-electron chi connectivity index (χ3n) is 6.39. The number of carboxylic acids is 1. The highest BCUT2D eigenvalue weighted by molar-refractivity contribution is 5.80. The summed E-state index contributed by atoms with van der Waals surface area (Å²) in [6, 6.07) is 16.1. The number of benzene rings is 2. The largest absolute Gasteiger partial charge is 0.479 e. The quantitative estimate of drug-likeness (QED) is 0.553. The van der Waals surface area contributed by atoms with Crippen molar-refractivity contribution in [2.75, 3.05) is 6.61 Å². The summed E-state index contributed by atoms with van der Waals surface area (Å²) in [6.07, 6.45) is 0.979. The summed E-state index contributed by atoms with van der Waals surface area (Å²) in [5, 5.41) is 11.7. The average molecular weight is 453 g/mol. The maximum Gasteiger partial charge on any atom is 0.407 e. The number of nitrogens with one attached hydrogen (secondary N) is 2. The molecule has 174 valence electrons. The molecule has 4 rings (SSSR count). The summed E-state index contributed by atoms with van der Waals surface area (Å²) in [7, 11) is 0. The summed E-state index contributed by atoms with van der Waals surface area (Å²) in [4.78, 5) is 40.5. The molecule has 2 aliphatic carbocycles. The Morgan fingerprint density at radius 1 is 1.03 bits per heavy atom. The minimum absolute atomic E-state index is 0.0126. The second kappa shape index (κ2) is 10.0. The van der Waals surface area contributed by atoms with Gasteiger partial charge in [0.15, 0.2) is 6.10 Å². The van der Waals surface area contributed by atoms with E-state index < -0.39 is 18.2 Å². The van der Waals surface area contributed by atoms with Gasteiger partial charge >= 0.3 is 12.1 Å². The molecule has 1 unspecified atom stereocenters. The highest BCUT2D eigenvalue weighted by atomic mass is 16.7. The zero-order valence-electron chi connectivity index (χ0n) is 18.5. The van der Waals surface area contributed by atoms with Crippen LogP contribution in [-0.4, -0.2) is 41.8 Å². The van der Waals surface area contributed by atoms with E-state index in [1.54, 1.807) is 0 Å². The number of hydrogen-bond donors (Lipinski definition) is 3. The van der Waals surface area contributed by atoms with Gasteiger partial charge in [-0.2, -0.15) is 0 Å². The van der Waals surface area contributed by atoms with E-state index in [1.165, 1.54) is 18.1 Å². The predicted molar refractivity (Wildman–Crippen MR) is 120 cm³/mol. The van der Waals surface area contributed by atoms with Crippen molar-refractivity contribution in [3.05, 3.63) is 59.7 Å². The van der Waals surface area contributed by atoms with Crippen molar-refractivity contribution in [3.63, 3.8) is 0 Å². The Kier molecular flexibility index (Phi) is 6.93. The highest BCUT2D eigenvalue weighted by Gasteiger charge is 2.31. The first kappa shape index (κ1) is 22.8. The number of alkyl carbamates (subject to hydrolysis) is 1. The topological polar surface area (TPSA) is 114 Å². The van der Waals surface area contributed by atoms with Crippen LogP contribution in [0.25, 0.3) is 11.1 Å². The van der Waals surface area contributed by atoms with Crippen LogP contribution in [0.1, 0.15) is 49.7 Å². The Hall–Kier alpha value is -3.39. The molecule has 0 aliphatic heterocycles. The predicted octanol–water partition coefficient (Wildman–Crippen LogP) is 3.60. The molecule has 8 heteroatoms. The number of carboxylic acid groups (broad SMARTS) is 1. The van der Waals surface area contributed by atoms with E-state index >= 15 is 0 Å². The molecule has 8 nitrogen and oxygen atoms in total. The van der Waals surface area contributed by atoms with Crippen LogP contribution in [0.5, 0.6) is 0 Å². The molecule has 0 radical (unpaired) electrons. The Morgan fingerprint density at radius 2 is 1.67 bits per heavy atom. The molecule has 0 saturated heterocycles. The fourth-order valence-corrected chi connectivity index (χ4v) is 4.65. The molecule has 2 aliphatic rings. The summed E-state index contributed by atoms with van der Waals surface area (Å²) < 4.78 is 5.60. The van der Waals surface area contributed by atoms with Crippen molar-refractivity contribution >= 4 is 18.0 Å². The van der Waals surface area contributed by atoms with Crippen molar-refractivity contribution in [2.24, 2.45) is 5.92 Å². The second-order valence-electron chi connectivity index (χ2n) is 8.59. The number of rotatable bonds is 7. The minimum Gasteiger partial charge on any atom is -0.479 e. The molecule has 0 bridgehead atoms. The number of hydroxylamine groups is 1. The van der Waals surface area contributed by atoms with Crippen molar-refractivity contribution in [1.82, 2.24) is 10.8 Å². The van der Waals surface area contributed by atoms with Crippen LogP contribution in [0.4, 0.5) is 4.79 Å². The molecular weight excluding hydrogens is 424 g/mol. The molecule has 33 heavy (non-hydrogen) atoms. The Labute approximate surface area is 192 Å². The van der Waals surface area contributed by atoms with Crippen molar-refractivity contribution in [1.29, 1.82) is 0 Å². The van der Waals surface area contributed by atoms with Crippen molar-refractivity contribution in [2.45, 2.75) is 50.7 Å². The Bertz CT molecular complexity index is 994. The molecule has 2 amide bonds. The molecule has 1 fully saturated rings. The maximum absolute atomic E-state index is 12.5. The second-order valence-corrected chi connectivity index (χ2v) is 8.59. The molecule has 3 N–H and O–H groups in total. The molecule has 0 aromatic heterocycles. The number of fused-ring (bicyclic) bond motifs is 3. The summed E-state index contributed by atoms with van der Waals surface area (Å²) in [5.74, 6) is -1.91. The third-order valence-corrected chi connectivity index (χ3v) is 6.39. The lowest BCUT2D eigenvalue weighted by atomic mass is 9.85. The van der Waals surface area contributed by atoms with Crippen molar-refractivity contribution in [3.8, 4) is 11.1 Å². The molecule has 3 atom stereocenters. The summed E-state index contributed by atoms with van der Waals surface area (Å²) in [6.45, 7) is 1.57. The van der Waals surface area contributed by atoms with E-state index in [1.807, 2.05) is 24.3 Å². The Morgan fingerprint density at radius 3 is 2.30 bits per heavy atom. The van der Waals surface area contributed by atoms with Crippen LogP contribution in [0.2, 0.25) is 0 Å². The fourth-order valence-electron chi connectivity index (χ4n) is 4.65. The Balaban J connectivity index is 1.30. The van der Waals surface area contributed by atoms with E-state index in [9.17, 15) is 14.4 Å². The molecule has 0 heterocycles. The molecule has 0 spiro atoms. The van der Waals surface area contributed by atoms with Gasteiger partial charge in [0.1, 0.15) is 6.61 Å². The van der Waals surface area contributed by atoms with E-state index in [0.717, 1.165) is 24.0 Å². The van der Waals surface area contributed by atoms with Crippen LogP contribution in [-0.2, 0) is 19.2 Å². The van der Waals surface area contributed by atoms with Gasteiger partial charge in [-0.1, -0.05) is 55.0 Å². The van der Waals surface area contributed by atoms with Gasteiger partial charge in [-0.15, -0.1) is 0 Å². The smallest absolute Gasteiger partial charge is 0.407 e. The van der Waals surface area contributed by atoms with Gasteiger partial charge in [0.05, 0.1) is 0 Å². The zero-order valence-corrected chi connectivity index (χ0v) is 18.5. The number of aliphatic carboxylic acids is 1. The van der Waals surface area contributed by atoms with Gasteiger partial charge in [-0.05, 0) is 48.4 Å². The third kappa shape index (κ3) is 5.17. The normalized spacial score (nSPS) is 20.3. The van der Waals surface area contributed by atoms with Crippen LogP contribution in [0.15, 0.2) is 48.5 Å². The van der Waals surface area contributed by atoms with Crippen LogP contribution >= 0.6 is 0 Å². The van der Waals surface area contributed by atoms with Gasteiger partial charge in [0.25, 0.3) is 0 Å². The van der Waals surface area contributed by atoms with E-state index in [0.29, 0.717) is 12.8 Å². The monoisotopic (exact) mass is 452 g/mol. The van der Waals surface area contributed by atoms with Crippen LogP contribution < -0.4 is 10.8 Å². The lowest BCUT2D eigenvalue weighted by Gasteiger charge is -2.29. The number of carbonyl (C=O) groups excluding carboxylic acids is 2. The zero-order chi connectivity index (χ0) is 23.4. The molecule has 2 aromatic rings. The van der Waals surface area contributed by atoms with Gasteiger partial charge in [0.2, 0.25) is 5.91 Å². The minimum atomic E-state index is -1.16. The summed E-state index contributed by atoms with van der Waals surface area (Å²) in [5.41, 5.74) is 6.86. The summed E-state index contributed by atoms with van der Waals surface area (Å²) >= 11 is 0. The van der Waals surface area contributed by atoms with E-state index in [2.05, 4.69) is 35.1 Å². The number of amides is 2. The van der Waals surface area contributed by atoms with Gasteiger partial charge in [-0.3, -0.25) is 9.63 Å². The SMILES string of the molecule is CC(ONC(=O)[C@H]1CCC[C@@H](NC(=O)OCC2c3ccccc3-c3ccccc32)C1)C(=O)O. The van der Waals surface area contributed by atoms with Crippen molar-refractivity contribution < 1.29 is 29.1 Å². The first-order chi connectivity index (χ1) is 15.9. The van der Waals surface area contributed by atoms with Gasteiger partial charge < -0.3 is 15.2 Å². The number of hydrogen-bond acceptors (Lipinski definition) is 5. The molecule has 1 saturated carbocycles. The standard InChI is InChI=1S/C25H28N2O6/c1-15(24(29)30)33-27-23(28)16-7-6-8-17(13-16)26-25(31)32-14-22-20-11-4-2-9-18(20)19-10-3-5-12-21(19)22/h2-5,9-12,15-17,22H,6-8,13-14H2,1H3,(H,26,31)(H,27,28)(H,29,30)/t15?,16-,17+/m0/s1. The highest BCUT2D eigenvalue weighted by Crippen LogP contribution is 2.44. The molecular formula is C25H28N2O6. The van der Waals surface area contributed by atoms with Gasteiger partial charge in [0, 0.05) is 17.9 Å². The van der Waals surface area contributed by atoms with Gasteiger partial charge in [-0.25, -0.2) is 15.1 Å². The van der Waals surface area contributed by atoms with E-state index in [4.69, 9.17) is 14.7 Å². The fraction of sp³-hybridized carbons (Fsp3) is 0.400. The average Bonchev–Trinajstić information content (AvgIpc) is 3.15. The molecule has 2 aromatic carbocycles. The first-order valence-corrected chi connectivity index (χ1v) is 11.2.